The van der Waals surface area contributed by atoms with E-state index in [0.29, 0.717) is 0 Å². The van der Waals surface area contributed by atoms with Crippen LogP contribution >= 0.6 is 11.8 Å². The molecule has 0 aromatic heterocycles. The zero-order valence-corrected chi connectivity index (χ0v) is 14.1. The van der Waals surface area contributed by atoms with E-state index in [4.69, 9.17) is 9.84 Å². The maximum atomic E-state index is 12.3. The standard InChI is InChI=1S/C16H18N2O5S/c1-16(2)14(23-15(21)22)18-12(20)11(13(18)24-16)17-10(19)8-9-6-4-3-5-7-9/h3-7,11,13-14H,8H2,1-2H3,(H,17,19)(H,21,22). The summed E-state index contributed by atoms with van der Waals surface area (Å²) >= 11 is 1.43. The molecule has 1 aromatic carbocycles. The predicted octanol–water partition coefficient (Wildman–Crippen LogP) is 1.43. The molecular formula is C16H18N2O5S. The summed E-state index contributed by atoms with van der Waals surface area (Å²) in [5.74, 6) is -0.550. The van der Waals surface area contributed by atoms with Gasteiger partial charge in [-0.3, -0.25) is 14.5 Å². The van der Waals surface area contributed by atoms with Crippen molar-refractivity contribution in [1.29, 1.82) is 0 Å². The Bertz CT molecular complexity index is 678. The minimum atomic E-state index is -1.42. The number of benzene rings is 1. The molecule has 128 valence electrons. The van der Waals surface area contributed by atoms with Crippen molar-refractivity contribution in [3.8, 4) is 0 Å². The lowest BCUT2D eigenvalue weighted by atomic mass is 10.0. The number of amides is 2. The Morgan fingerprint density at radius 3 is 2.62 bits per heavy atom. The lowest BCUT2D eigenvalue weighted by Gasteiger charge is -2.43. The molecule has 7 nitrogen and oxygen atoms in total. The lowest BCUT2D eigenvalue weighted by Crippen LogP contribution is -2.70. The first-order valence-corrected chi connectivity index (χ1v) is 8.40. The number of carboxylic acid groups (broad SMARTS) is 1. The molecule has 3 unspecified atom stereocenters. The van der Waals surface area contributed by atoms with Gasteiger partial charge in [0.1, 0.15) is 11.4 Å². The fourth-order valence-corrected chi connectivity index (χ4v) is 4.55. The van der Waals surface area contributed by atoms with Crippen LogP contribution in [0.3, 0.4) is 0 Å². The summed E-state index contributed by atoms with van der Waals surface area (Å²) < 4.78 is 4.30. The molecule has 2 N–H and O–H groups in total. The van der Waals surface area contributed by atoms with Gasteiger partial charge in [0.05, 0.1) is 11.2 Å². The van der Waals surface area contributed by atoms with Gasteiger partial charge in [-0.05, 0) is 19.4 Å². The van der Waals surface area contributed by atoms with Crippen LogP contribution in [0, 0.1) is 0 Å². The van der Waals surface area contributed by atoms with Crippen LogP contribution in [0.2, 0.25) is 0 Å². The Kier molecular flexibility index (Phi) is 4.16. The van der Waals surface area contributed by atoms with E-state index in [2.05, 4.69) is 5.32 Å². The number of fused-ring (bicyclic) bond motifs is 1. The van der Waals surface area contributed by atoms with Crippen molar-refractivity contribution in [2.75, 3.05) is 0 Å². The average Bonchev–Trinajstić information content (AvgIpc) is 2.74. The van der Waals surface area contributed by atoms with Gasteiger partial charge in [0.25, 0.3) is 5.91 Å². The number of β-lactam (4-membered cyclic amide) rings is 1. The summed E-state index contributed by atoms with van der Waals surface area (Å²) in [6.07, 6.45) is -2.07. The number of nitrogens with one attached hydrogen (secondary N) is 1. The van der Waals surface area contributed by atoms with E-state index in [0.717, 1.165) is 5.56 Å². The number of hydrogen-bond acceptors (Lipinski definition) is 5. The summed E-state index contributed by atoms with van der Waals surface area (Å²) in [7, 11) is 0. The molecule has 24 heavy (non-hydrogen) atoms. The number of nitrogens with zero attached hydrogens (tertiary/aromatic N) is 1. The minimum Gasteiger partial charge on any atom is -0.450 e. The monoisotopic (exact) mass is 350 g/mol. The molecule has 2 heterocycles. The van der Waals surface area contributed by atoms with Crippen molar-refractivity contribution in [1.82, 2.24) is 10.2 Å². The lowest BCUT2D eigenvalue weighted by molar-refractivity contribution is -0.163. The SMILES string of the molecule is CC1(C)SC2C(NC(=O)Cc3ccccc3)C(=O)N2C1OC(=O)O. The number of hydrogen-bond donors (Lipinski definition) is 2. The van der Waals surface area contributed by atoms with E-state index < -0.39 is 23.2 Å². The largest absolute Gasteiger partial charge is 0.507 e. The van der Waals surface area contributed by atoms with Gasteiger partial charge >= 0.3 is 6.16 Å². The summed E-state index contributed by atoms with van der Waals surface area (Å²) in [5.41, 5.74) is 0.866. The molecular weight excluding hydrogens is 332 g/mol. The number of ether oxygens (including phenoxy) is 1. The van der Waals surface area contributed by atoms with Gasteiger partial charge in [0.15, 0.2) is 6.23 Å². The van der Waals surface area contributed by atoms with Crippen molar-refractivity contribution < 1.29 is 24.2 Å². The molecule has 3 atom stereocenters. The van der Waals surface area contributed by atoms with Crippen LogP contribution in [0.25, 0.3) is 0 Å². The zero-order chi connectivity index (χ0) is 17.5. The second-order valence-electron chi connectivity index (χ2n) is 6.30. The van der Waals surface area contributed by atoms with Gasteiger partial charge in [0.2, 0.25) is 5.91 Å². The molecule has 2 saturated heterocycles. The van der Waals surface area contributed by atoms with Crippen LogP contribution < -0.4 is 5.32 Å². The highest BCUT2D eigenvalue weighted by molar-refractivity contribution is 8.01. The van der Waals surface area contributed by atoms with E-state index in [1.165, 1.54) is 16.7 Å². The third-order valence-electron chi connectivity index (χ3n) is 4.09. The Morgan fingerprint density at radius 2 is 2.00 bits per heavy atom. The molecule has 2 fully saturated rings. The fourth-order valence-electron chi connectivity index (χ4n) is 3.00. The van der Waals surface area contributed by atoms with Gasteiger partial charge in [-0.1, -0.05) is 30.3 Å². The quantitative estimate of drug-likeness (QED) is 0.630. The van der Waals surface area contributed by atoms with Crippen molar-refractivity contribution in [2.45, 2.75) is 42.7 Å². The van der Waals surface area contributed by atoms with E-state index in [1.54, 1.807) is 0 Å². The van der Waals surface area contributed by atoms with Gasteiger partial charge in [-0.2, -0.15) is 0 Å². The predicted molar refractivity (Wildman–Crippen MR) is 87.3 cm³/mol. The highest BCUT2D eigenvalue weighted by Gasteiger charge is 2.63. The van der Waals surface area contributed by atoms with Gasteiger partial charge < -0.3 is 15.2 Å². The van der Waals surface area contributed by atoms with Crippen LogP contribution in [0.1, 0.15) is 19.4 Å². The van der Waals surface area contributed by atoms with Gasteiger partial charge in [-0.25, -0.2) is 4.79 Å². The molecule has 0 saturated carbocycles. The van der Waals surface area contributed by atoms with Crippen molar-refractivity contribution in [3.05, 3.63) is 35.9 Å². The zero-order valence-electron chi connectivity index (χ0n) is 13.3. The highest BCUT2D eigenvalue weighted by Crippen LogP contribution is 2.51. The van der Waals surface area contributed by atoms with Crippen LogP contribution in [-0.4, -0.2) is 50.4 Å². The molecule has 0 spiro atoms. The summed E-state index contributed by atoms with van der Waals surface area (Å²) in [6, 6.07) is 8.61. The molecule has 0 bridgehead atoms. The summed E-state index contributed by atoms with van der Waals surface area (Å²) in [5, 5.41) is 11.3. The molecule has 0 radical (unpaired) electrons. The van der Waals surface area contributed by atoms with Crippen LogP contribution in [0.15, 0.2) is 30.3 Å². The third kappa shape index (κ3) is 2.93. The van der Waals surface area contributed by atoms with E-state index in [1.807, 2.05) is 44.2 Å². The second kappa shape index (κ2) is 6.01. The highest BCUT2D eigenvalue weighted by atomic mass is 32.2. The van der Waals surface area contributed by atoms with Crippen LogP contribution in [0.4, 0.5) is 4.79 Å². The Morgan fingerprint density at radius 1 is 1.33 bits per heavy atom. The maximum Gasteiger partial charge on any atom is 0.507 e. The summed E-state index contributed by atoms with van der Waals surface area (Å²) in [4.78, 5) is 36.7. The summed E-state index contributed by atoms with van der Waals surface area (Å²) in [6.45, 7) is 3.64. The molecule has 2 amide bonds. The van der Waals surface area contributed by atoms with Crippen molar-refractivity contribution in [2.24, 2.45) is 0 Å². The molecule has 3 rings (SSSR count). The number of carbonyl (C=O) groups is 3. The van der Waals surface area contributed by atoms with E-state index >= 15 is 0 Å². The fraction of sp³-hybridized carbons (Fsp3) is 0.438. The first kappa shape index (κ1) is 16.6. The minimum absolute atomic E-state index is 0.195. The smallest absolute Gasteiger partial charge is 0.450 e. The van der Waals surface area contributed by atoms with Crippen molar-refractivity contribution >= 4 is 29.7 Å². The molecule has 8 heteroatoms. The topological polar surface area (TPSA) is 95.9 Å². The molecule has 2 aliphatic rings. The van der Waals surface area contributed by atoms with Crippen LogP contribution in [-0.2, 0) is 20.7 Å². The van der Waals surface area contributed by atoms with E-state index in [9.17, 15) is 14.4 Å². The maximum absolute atomic E-state index is 12.3. The Balaban J connectivity index is 1.65. The van der Waals surface area contributed by atoms with Gasteiger partial charge in [-0.15, -0.1) is 11.8 Å². The Hall–Kier alpha value is -2.22. The second-order valence-corrected chi connectivity index (χ2v) is 8.07. The van der Waals surface area contributed by atoms with Crippen molar-refractivity contribution in [3.63, 3.8) is 0 Å². The molecule has 1 aromatic rings. The number of carbonyl (C=O) groups excluding carboxylic acids is 2. The third-order valence-corrected chi connectivity index (χ3v) is 5.64. The normalized spacial score (nSPS) is 27.2. The number of rotatable bonds is 4. The first-order chi connectivity index (χ1) is 11.3. The van der Waals surface area contributed by atoms with Crippen LogP contribution in [0.5, 0.6) is 0 Å². The Labute approximate surface area is 143 Å². The number of thioether (sulfide) groups is 1. The first-order valence-electron chi connectivity index (χ1n) is 7.52. The average molecular weight is 350 g/mol. The van der Waals surface area contributed by atoms with Gasteiger partial charge in [0, 0.05) is 0 Å². The van der Waals surface area contributed by atoms with E-state index in [-0.39, 0.29) is 23.6 Å². The molecule has 2 aliphatic heterocycles. The molecule has 0 aliphatic carbocycles.